The molecule has 0 aliphatic heterocycles. The smallest absolute Gasteiger partial charge is 0.276 e. The molecule has 1 heterocycles. The lowest BCUT2D eigenvalue weighted by atomic mass is 10.2. The predicted octanol–water partition coefficient (Wildman–Crippen LogP) is 2.47. The van der Waals surface area contributed by atoms with E-state index in [4.69, 9.17) is 22.6 Å². The number of nitrogens with zero attached hydrogens (tertiary/aromatic N) is 3. The number of pyridine rings is 1. The molecule has 2 N–H and O–H groups in total. The highest BCUT2D eigenvalue weighted by Gasteiger charge is 2.17. The number of rotatable bonds is 2. The van der Waals surface area contributed by atoms with Crippen LogP contribution in [0.25, 0.3) is 0 Å². The predicted molar refractivity (Wildman–Crippen MR) is 77.5 cm³/mol. The summed E-state index contributed by atoms with van der Waals surface area (Å²) in [5, 5.41) is 9.19. The van der Waals surface area contributed by atoms with Gasteiger partial charge in [0.1, 0.15) is 11.8 Å². The molecule has 0 radical (unpaired) electrons. The van der Waals surface area contributed by atoms with E-state index >= 15 is 0 Å². The second kappa shape index (κ2) is 5.59. The van der Waals surface area contributed by atoms with Gasteiger partial charge < -0.3 is 10.6 Å². The molecule has 0 aliphatic carbocycles. The number of halogens is 1. The molecular weight excluding hydrogens is 276 g/mol. The Morgan fingerprint density at radius 1 is 1.40 bits per heavy atom. The Labute approximate surface area is 121 Å². The van der Waals surface area contributed by atoms with Gasteiger partial charge in [-0.05, 0) is 30.3 Å². The summed E-state index contributed by atoms with van der Waals surface area (Å²) < 4.78 is 0. The second-order valence-electron chi connectivity index (χ2n) is 4.11. The van der Waals surface area contributed by atoms with Crippen molar-refractivity contribution in [2.24, 2.45) is 0 Å². The second-order valence-corrected chi connectivity index (χ2v) is 4.55. The first-order chi connectivity index (χ1) is 9.52. The maximum Gasteiger partial charge on any atom is 0.276 e. The minimum absolute atomic E-state index is 0.228. The van der Waals surface area contributed by atoms with Crippen molar-refractivity contribution in [1.82, 2.24) is 4.98 Å². The molecule has 0 bridgehead atoms. The van der Waals surface area contributed by atoms with Crippen molar-refractivity contribution in [3.05, 3.63) is 52.8 Å². The summed E-state index contributed by atoms with van der Waals surface area (Å²) in [5.41, 5.74) is 7.41. The number of carbonyl (C=O) groups is 1. The van der Waals surface area contributed by atoms with Crippen LogP contribution in [-0.2, 0) is 0 Å². The number of nitriles is 1. The van der Waals surface area contributed by atoms with E-state index in [-0.39, 0.29) is 11.6 Å². The third kappa shape index (κ3) is 2.71. The summed E-state index contributed by atoms with van der Waals surface area (Å²) in [4.78, 5) is 17.6. The van der Waals surface area contributed by atoms with Crippen molar-refractivity contribution < 1.29 is 4.79 Å². The van der Waals surface area contributed by atoms with Crippen LogP contribution < -0.4 is 10.6 Å². The van der Waals surface area contributed by atoms with Crippen LogP contribution in [0.5, 0.6) is 0 Å². The largest absolute Gasteiger partial charge is 0.397 e. The molecule has 20 heavy (non-hydrogen) atoms. The number of hydrogen-bond donors (Lipinski definition) is 1. The zero-order chi connectivity index (χ0) is 14.7. The number of amides is 1. The van der Waals surface area contributed by atoms with Crippen LogP contribution in [0.15, 0.2) is 36.5 Å². The molecule has 0 fully saturated rings. The van der Waals surface area contributed by atoms with Gasteiger partial charge in [0.2, 0.25) is 0 Å². The van der Waals surface area contributed by atoms with Crippen LogP contribution in [-0.4, -0.2) is 17.9 Å². The third-order valence-electron chi connectivity index (χ3n) is 2.77. The zero-order valence-electron chi connectivity index (χ0n) is 10.7. The molecule has 0 saturated carbocycles. The van der Waals surface area contributed by atoms with Crippen LogP contribution in [0.2, 0.25) is 5.02 Å². The zero-order valence-corrected chi connectivity index (χ0v) is 11.4. The molecule has 5 nitrogen and oxygen atoms in total. The van der Waals surface area contributed by atoms with E-state index in [2.05, 4.69) is 4.98 Å². The van der Waals surface area contributed by atoms with Gasteiger partial charge in [0, 0.05) is 18.3 Å². The lowest BCUT2D eigenvalue weighted by Gasteiger charge is -2.19. The number of hydrogen-bond acceptors (Lipinski definition) is 4. The van der Waals surface area contributed by atoms with E-state index in [0.717, 1.165) is 0 Å². The van der Waals surface area contributed by atoms with Crippen molar-refractivity contribution >= 4 is 28.9 Å². The normalized spacial score (nSPS) is 9.85. The summed E-state index contributed by atoms with van der Waals surface area (Å²) in [6.07, 6.45) is 1.35. The molecular formula is C14H11ClN4O. The topological polar surface area (TPSA) is 83.0 Å². The molecule has 0 unspecified atom stereocenters. The van der Waals surface area contributed by atoms with Gasteiger partial charge in [0.15, 0.2) is 0 Å². The highest BCUT2D eigenvalue weighted by molar-refractivity contribution is 6.31. The molecule has 2 aromatic rings. The fourth-order valence-corrected chi connectivity index (χ4v) is 1.84. The standard InChI is InChI=1S/C14H11ClN4O/c1-19(13-6-10(15)3-4-11(13)17)14(20)12-5-2-9(7-16)8-18-12/h2-6,8H,17H2,1H3. The average molecular weight is 287 g/mol. The van der Waals surface area contributed by atoms with Gasteiger partial charge in [-0.15, -0.1) is 0 Å². The first-order valence-electron chi connectivity index (χ1n) is 5.72. The van der Waals surface area contributed by atoms with Gasteiger partial charge in [-0.25, -0.2) is 4.98 Å². The van der Waals surface area contributed by atoms with Crippen molar-refractivity contribution in [3.8, 4) is 6.07 Å². The van der Waals surface area contributed by atoms with E-state index in [0.29, 0.717) is 22.0 Å². The summed E-state index contributed by atoms with van der Waals surface area (Å²) >= 11 is 5.91. The van der Waals surface area contributed by atoms with Crippen molar-refractivity contribution in [3.63, 3.8) is 0 Å². The quantitative estimate of drug-likeness (QED) is 0.860. The van der Waals surface area contributed by atoms with Gasteiger partial charge in [-0.3, -0.25) is 4.79 Å². The molecule has 0 atom stereocenters. The van der Waals surface area contributed by atoms with Gasteiger partial charge in [-0.2, -0.15) is 5.26 Å². The minimum atomic E-state index is -0.330. The van der Waals surface area contributed by atoms with E-state index < -0.39 is 0 Å². The maximum atomic E-state index is 12.3. The fourth-order valence-electron chi connectivity index (χ4n) is 1.68. The van der Waals surface area contributed by atoms with Gasteiger partial charge in [-0.1, -0.05) is 11.6 Å². The molecule has 0 spiro atoms. The van der Waals surface area contributed by atoms with Gasteiger partial charge in [0.25, 0.3) is 5.91 Å². The van der Waals surface area contributed by atoms with Gasteiger partial charge in [0.05, 0.1) is 16.9 Å². The maximum absolute atomic E-state index is 12.3. The molecule has 100 valence electrons. The Morgan fingerprint density at radius 3 is 2.75 bits per heavy atom. The molecule has 0 saturated heterocycles. The summed E-state index contributed by atoms with van der Waals surface area (Å²) in [6.45, 7) is 0. The highest BCUT2D eigenvalue weighted by Crippen LogP contribution is 2.26. The first kappa shape index (κ1) is 13.8. The van der Waals surface area contributed by atoms with Crippen LogP contribution in [0.1, 0.15) is 16.1 Å². The van der Waals surface area contributed by atoms with Crippen molar-refractivity contribution in [1.29, 1.82) is 5.26 Å². The highest BCUT2D eigenvalue weighted by atomic mass is 35.5. The number of aromatic nitrogens is 1. The van der Waals surface area contributed by atoms with Crippen LogP contribution in [0, 0.1) is 11.3 Å². The van der Waals surface area contributed by atoms with Crippen molar-refractivity contribution in [2.45, 2.75) is 0 Å². The Hall–Kier alpha value is -2.58. The number of anilines is 2. The average Bonchev–Trinajstić information content (AvgIpc) is 2.48. The minimum Gasteiger partial charge on any atom is -0.397 e. The van der Waals surface area contributed by atoms with E-state index in [9.17, 15) is 4.79 Å². The molecule has 0 aliphatic rings. The molecule has 2 rings (SSSR count). The fraction of sp³-hybridized carbons (Fsp3) is 0.0714. The van der Waals surface area contributed by atoms with Gasteiger partial charge >= 0.3 is 0 Å². The Balaban J connectivity index is 2.32. The molecule has 1 aromatic heterocycles. The number of carbonyl (C=O) groups excluding carboxylic acids is 1. The summed E-state index contributed by atoms with van der Waals surface area (Å²) in [7, 11) is 1.59. The third-order valence-corrected chi connectivity index (χ3v) is 3.01. The van der Waals surface area contributed by atoms with Crippen molar-refractivity contribution in [2.75, 3.05) is 17.7 Å². The molecule has 1 aromatic carbocycles. The summed E-state index contributed by atoms with van der Waals surface area (Å²) in [6, 6.07) is 9.87. The Morgan fingerprint density at radius 2 is 2.15 bits per heavy atom. The SMILES string of the molecule is CN(C(=O)c1ccc(C#N)cn1)c1cc(Cl)ccc1N. The van der Waals surface area contributed by atoms with Crippen LogP contribution in [0.4, 0.5) is 11.4 Å². The lowest BCUT2D eigenvalue weighted by molar-refractivity contribution is 0.0988. The number of nitrogen functional groups attached to an aromatic ring is 1. The Bertz CT molecular complexity index is 691. The molecule has 1 amide bonds. The Kier molecular flexibility index (Phi) is 3.87. The van der Waals surface area contributed by atoms with E-state index in [1.54, 1.807) is 25.2 Å². The van der Waals surface area contributed by atoms with E-state index in [1.165, 1.54) is 23.2 Å². The first-order valence-corrected chi connectivity index (χ1v) is 6.10. The van der Waals surface area contributed by atoms with E-state index in [1.807, 2.05) is 6.07 Å². The number of benzene rings is 1. The number of nitrogens with two attached hydrogens (primary N) is 1. The summed E-state index contributed by atoms with van der Waals surface area (Å²) in [5.74, 6) is -0.330. The lowest BCUT2D eigenvalue weighted by Crippen LogP contribution is -2.27. The monoisotopic (exact) mass is 286 g/mol. The van der Waals surface area contributed by atoms with Crippen LogP contribution in [0.3, 0.4) is 0 Å². The van der Waals surface area contributed by atoms with Crippen LogP contribution >= 0.6 is 11.6 Å². The molecule has 6 heteroatoms.